The van der Waals surface area contributed by atoms with Gasteiger partial charge in [-0.25, -0.2) is 23.5 Å². The van der Waals surface area contributed by atoms with Crippen LogP contribution in [0.15, 0.2) is 6.33 Å². The fourth-order valence-corrected chi connectivity index (χ4v) is 8.89. The Hall–Kier alpha value is -2.40. The van der Waals surface area contributed by atoms with Crippen molar-refractivity contribution in [3.63, 3.8) is 0 Å². The summed E-state index contributed by atoms with van der Waals surface area (Å²) >= 11 is 0. The third kappa shape index (κ3) is 6.07. The molecule has 44 heavy (non-hydrogen) atoms. The fourth-order valence-electron chi connectivity index (χ4n) is 8.89. The molecule has 11 heteroatoms. The van der Waals surface area contributed by atoms with E-state index < -0.39 is 12.0 Å². The molecule has 0 bridgehead atoms. The van der Waals surface area contributed by atoms with Crippen molar-refractivity contribution in [1.29, 1.82) is 0 Å². The van der Waals surface area contributed by atoms with E-state index in [1.54, 1.807) is 0 Å². The summed E-state index contributed by atoms with van der Waals surface area (Å²) in [5.41, 5.74) is 1.67. The van der Waals surface area contributed by atoms with Gasteiger partial charge in [0.05, 0.1) is 23.5 Å². The van der Waals surface area contributed by atoms with Crippen LogP contribution in [0.4, 0.5) is 13.6 Å². The van der Waals surface area contributed by atoms with Crippen LogP contribution >= 0.6 is 0 Å². The first-order valence-corrected chi connectivity index (χ1v) is 16.8. The normalized spacial score (nSPS) is 30.1. The number of piperidine rings is 3. The number of nitrogens with zero attached hydrogens (tertiary/aromatic N) is 6. The van der Waals surface area contributed by atoms with Gasteiger partial charge in [0.15, 0.2) is 0 Å². The van der Waals surface area contributed by atoms with Gasteiger partial charge in [-0.3, -0.25) is 14.6 Å². The molecule has 1 aliphatic carbocycles. The lowest BCUT2D eigenvalue weighted by Crippen LogP contribution is -2.63. The zero-order valence-corrected chi connectivity index (χ0v) is 26.9. The van der Waals surface area contributed by atoms with Gasteiger partial charge in [0, 0.05) is 76.7 Å². The average molecular weight is 617 g/mol. The molecule has 4 atom stereocenters. The Morgan fingerprint density at radius 1 is 1.02 bits per heavy atom. The number of ether oxygens (including phenoxy) is 1. The zero-order valence-electron chi connectivity index (χ0n) is 26.9. The highest BCUT2D eigenvalue weighted by Gasteiger charge is 2.58. The number of halogens is 2. The lowest BCUT2D eigenvalue weighted by atomic mass is 9.74. The Labute approximate surface area is 260 Å². The number of fused-ring (bicyclic) bond motifs is 1. The second-order valence-electron chi connectivity index (χ2n) is 14.5. The van der Waals surface area contributed by atoms with Crippen molar-refractivity contribution in [2.75, 3.05) is 58.9 Å². The molecular formula is C33H50F2N6O3. The molecule has 0 N–H and O–H groups in total. The van der Waals surface area contributed by atoms with E-state index in [1.807, 2.05) is 28.5 Å². The average Bonchev–Trinajstić information content (AvgIpc) is 3.42. The van der Waals surface area contributed by atoms with Crippen molar-refractivity contribution >= 4 is 12.0 Å². The third-order valence-corrected chi connectivity index (χ3v) is 11.9. The van der Waals surface area contributed by atoms with Gasteiger partial charge in [0.1, 0.15) is 11.9 Å². The van der Waals surface area contributed by atoms with Crippen LogP contribution in [0, 0.1) is 37.5 Å². The van der Waals surface area contributed by atoms with Gasteiger partial charge < -0.3 is 14.5 Å². The lowest BCUT2D eigenvalue weighted by Gasteiger charge is -2.55. The summed E-state index contributed by atoms with van der Waals surface area (Å²) in [5, 5.41) is 0. The summed E-state index contributed by atoms with van der Waals surface area (Å²) in [4.78, 5) is 43.6. The minimum Gasteiger partial charge on any atom is -0.442 e. The van der Waals surface area contributed by atoms with Gasteiger partial charge >= 0.3 is 6.09 Å². The maximum absolute atomic E-state index is 13.4. The molecule has 5 aliphatic rings. The first-order chi connectivity index (χ1) is 21.0. The number of carbonyl (C=O) groups is 2. The number of rotatable bonds is 9. The van der Waals surface area contributed by atoms with E-state index in [4.69, 9.17) is 4.74 Å². The number of alkyl halides is 2. The van der Waals surface area contributed by atoms with E-state index in [0.29, 0.717) is 48.9 Å². The minimum atomic E-state index is -2.28. The molecule has 1 aromatic heterocycles. The van der Waals surface area contributed by atoms with Crippen LogP contribution in [0.2, 0.25) is 0 Å². The highest BCUT2D eigenvalue weighted by Crippen LogP contribution is 2.53. The predicted octanol–water partition coefficient (Wildman–Crippen LogP) is 4.62. The van der Waals surface area contributed by atoms with Crippen molar-refractivity contribution in [2.45, 2.75) is 90.2 Å². The standard InChI is InChI=1S/C33H50F2N6O3/c1-5-6-7-24-16-40(19-27-25-17-38(18-26(25)27)20-28(34)35)31(43)44-33(24)10-14-41(15-11-33)32(4)8-12-39(13-9-32)30(42)29-22(2)36-21-37-23(29)3/h21,24-28H,5-20H2,1-4H3/t24?,25-,26?,27?/m0/s1. The van der Waals surface area contributed by atoms with Crippen LogP contribution < -0.4 is 0 Å². The van der Waals surface area contributed by atoms with Crippen LogP contribution in [0.25, 0.3) is 0 Å². The molecule has 1 saturated carbocycles. The number of unbranched alkanes of at least 4 members (excludes halogenated alkanes) is 1. The van der Waals surface area contributed by atoms with Crippen LogP contribution in [0.1, 0.15) is 80.5 Å². The van der Waals surface area contributed by atoms with Gasteiger partial charge in [0.2, 0.25) is 0 Å². The molecule has 1 aromatic rings. The molecule has 4 aliphatic heterocycles. The Morgan fingerprint density at radius 3 is 2.25 bits per heavy atom. The van der Waals surface area contributed by atoms with Gasteiger partial charge in [0.25, 0.3) is 12.3 Å². The molecular weight excluding hydrogens is 566 g/mol. The molecule has 3 unspecified atom stereocenters. The predicted molar refractivity (Wildman–Crippen MR) is 163 cm³/mol. The maximum atomic E-state index is 13.4. The number of aryl methyl sites for hydroxylation is 2. The fraction of sp³-hybridized carbons (Fsp3) is 0.818. The Bertz CT molecular complexity index is 1180. The number of aromatic nitrogens is 2. The highest BCUT2D eigenvalue weighted by molar-refractivity contribution is 5.96. The van der Waals surface area contributed by atoms with E-state index in [1.165, 1.54) is 6.33 Å². The van der Waals surface area contributed by atoms with Crippen LogP contribution in [0.3, 0.4) is 0 Å². The summed E-state index contributed by atoms with van der Waals surface area (Å²) in [6.45, 7) is 14.2. The van der Waals surface area contributed by atoms with Crippen LogP contribution in [-0.4, -0.2) is 118 Å². The molecule has 1 spiro atoms. The Morgan fingerprint density at radius 2 is 1.66 bits per heavy atom. The monoisotopic (exact) mass is 616 g/mol. The molecule has 244 valence electrons. The first kappa shape index (κ1) is 31.6. The summed E-state index contributed by atoms with van der Waals surface area (Å²) in [6, 6.07) is 0. The van der Waals surface area contributed by atoms with Crippen molar-refractivity contribution in [2.24, 2.45) is 23.7 Å². The summed E-state index contributed by atoms with van der Waals surface area (Å²) in [5.74, 6) is 1.62. The van der Waals surface area contributed by atoms with Crippen molar-refractivity contribution in [3.8, 4) is 0 Å². The largest absolute Gasteiger partial charge is 0.442 e. The molecule has 4 saturated heterocycles. The molecule has 5 heterocycles. The second kappa shape index (κ2) is 12.4. The van der Waals surface area contributed by atoms with Gasteiger partial charge in [-0.15, -0.1) is 0 Å². The number of hydrogen-bond donors (Lipinski definition) is 0. The summed E-state index contributed by atoms with van der Waals surface area (Å²) < 4.78 is 32.1. The SMILES string of the molecule is CCCCC1CN(CC2C3CN(CC(F)F)C[C@@H]32)C(=O)OC12CCN(C1(C)CCN(C(=O)c3c(C)ncnc3C)CC1)CC2. The molecule has 6 rings (SSSR count). The molecule has 5 fully saturated rings. The van der Waals surface area contributed by atoms with Gasteiger partial charge in [-0.1, -0.05) is 19.8 Å². The van der Waals surface area contributed by atoms with Crippen molar-refractivity contribution in [3.05, 3.63) is 23.3 Å². The van der Waals surface area contributed by atoms with E-state index in [-0.39, 0.29) is 24.1 Å². The smallest absolute Gasteiger partial charge is 0.410 e. The second-order valence-corrected chi connectivity index (χ2v) is 14.5. The van der Waals surface area contributed by atoms with Gasteiger partial charge in [-0.05, 0) is 57.8 Å². The summed E-state index contributed by atoms with van der Waals surface area (Å²) in [7, 11) is 0. The Balaban J connectivity index is 1.04. The lowest BCUT2D eigenvalue weighted by molar-refractivity contribution is -0.133. The quantitative estimate of drug-likeness (QED) is 0.401. The molecule has 0 radical (unpaired) electrons. The van der Waals surface area contributed by atoms with E-state index in [0.717, 1.165) is 89.1 Å². The highest BCUT2D eigenvalue weighted by atomic mass is 19.3. The minimum absolute atomic E-state index is 0.00124. The topological polar surface area (TPSA) is 82.1 Å². The third-order valence-electron chi connectivity index (χ3n) is 11.9. The number of likely N-dealkylation sites (tertiary alicyclic amines) is 3. The first-order valence-electron chi connectivity index (χ1n) is 16.8. The van der Waals surface area contributed by atoms with E-state index in [9.17, 15) is 18.4 Å². The number of hydrogen-bond acceptors (Lipinski definition) is 7. The Kier molecular flexibility index (Phi) is 8.91. The van der Waals surface area contributed by atoms with Crippen LogP contribution in [-0.2, 0) is 4.74 Å². The van der Waals surface area contributed by atoms with Crippen molar-refractivity contribution in [1.82, 2.24) is 29.6 Å². The molecule has 0 aromatic carbocycles. The number of amides is 2. The molecule has 9 nitrogen and oxygen atoms in total. The maximum Gasteiger partial charge on any atom is 0.410 e. The van der Waals surface area contributed by atoms with Crippen LogP contribution in [0.5, 0.6) is 0 Å². The number of carbonyl (C=O) groups excluding carboxylic acids is 2. The van der Waals surface area contributed by atoms with E-state index in [2.05, 4.69) is 28.7 Å². The van der Waals surface area contributed by atoms with Gasteiger partial charge in [-0.2, -0.15) is 0 Å². The summed E-state index contributed by atoms with van der Waals surface area (Å²) in [6.07, 6.45) is 5.82. The van der Waals surface area contributed by atoms with Crippen molar-refractivity contribution < 1.29 is 23.1 Å². The molecule has 2 amide bonds. The van der Waals surface area contributed by atoms with E-state index >= 15 is 0 Å². The zero-order chi connectivity index (χ0) is 31.2.